The summed E-state index contributed by atoms with van der Waals surface area (Å²) in [5.74, 6) is 0.0510. The van der Waals surface area contributed by atoms with Crippen molar-refractivity contribution in [2.24, 2.45) is 4.40 Å². The molecule has 136 valence electrons. The lowest BCUT2D eigenvalue weighted by atomic mass is 10.1. The molecule has 3 heterocycles. The standard InChI is InChI=1S/C18H20N4O3S/c23-18(16-7-4-8-21-13-14-26(24,25)19-17(16)21)22-11-9-20(10-12-22)15-5-2-1-3-6-15/h1-8H,9-14H2. The van der Waals surface area contributed by atoms with Crippen LogP contribution in [-0.4, -0.2) is 68.4 Å². The maximum atomic E-state index is 13.0. The van der Waals surface area contributed by atoms with Crippen molar-refractivity contribution in [1.29, 1.82) is 0 Å². The van der Waals surface area contributed by atoms with Gasteiger partial charge in [0, 0.05) is 44.6 Å². The Morgan fingerprint density at radius 2 is 1.73 bits per heavy atom. The Hall–Kier alpha value is -2.61. The summed E-state index contributed by atoms with van der Waals surface area (Å²) in [6.45, 7) is 2.99. The first-order chi connectivity index (χ1) is 12.5. The van der Waals surface area contributed by atoms with E-state index in [1.807, 2.05) is 18.2 Å². The molecule has 7 nitrogen and oxygen atoms in total. The molecule has 0 radical (unpaired) electrons. The average Bonchev–Trinajstić information content (AvgIpc) is 2.67. The number of benzene rings is 1. The number of anilines is 1. The molecular formula is C18H20N4O3S. The number of para-hydroxylation sites is 1. The molecule has 0 N–H and O–H groups in total. The second kappa shape index (κ2) is 6.60. The molecule has 4 rings (SSSR count). The maximum absolute atomic E-state index is 13.0. The van der Waals surface area contributed by atoms with E-state index in [0.29, 0.717) is 25.2 Å². The Bertz CT molecular complexity index is 898. The molecule has 3 aliphatic rings. The zero-order valence-corrected chi connectivity index (χ0v) is 15.1. The Balaban J connectivity index is 1.49. The van der Waals surface area contributed by atoms with E-state index in [9.17, 15) is 13.2 Å². The minimum atomic E-state index is -3.50. The lowest BCUT2D eigenvalue weighted by molar-refractivity contribution is -0.126. The second-order valence-electron chi connectivity index (χ2n) is 6.43. The summed E-state index contributed by atoms with van der Waals surface area (Å²) >= 11 is 0. The lowest BCUT2D eigenvalue weighted by Crippen LogP contribution is -2.51. The molecule has 1 fully saturated rings. The highest BCUT2D eigenvalue weighted by Gasteiger charge is 2.33. The number of hydrogen-bond donors (Lipinski definition) is 0. The van der Waals surface area contributed by atoms with Gasteiger partial charge in [0.2, 0.25) is 0 Å². The molecule has 8 heteroatoms. The van der Waals surface area contributed by atoms with E-state index in [1.165, 1.54) is 0 Å². The van der Waals surface area contributed by atoms with Crippen molar-refractivity contribution in [3.8, 4) is 0 Å². The van der Waals surface area contributed by atoms with Gasteiger partial charge in [-0.1, -0.05) is 18.2 Å². The molecule has 1 aromatic carbocycles. The van der Waals surface area contributed by atoms with E-state index < -0.39 is 10.0 Å². The molecular weight excluding hydrogens is 352 g/mol. The van der Waals surface area contributed by atoms with Crippen molar-refractivity contribution in [3.63, 3.8) is 0 Å². The van der Waals surface area contributed by atoms with Gasteiger partial charge in [0.25, 0.3) is 15.9 Å². The third-order valence-corrected chi connectivity index (χ3v) is 5.93. The number of hydrogen-bond acceptors (Lipinski definition) is 5. The smallest absolute Gasteiger partial charge is 0.257 e. The van der Waals surface area contributed by atoms with Crippen LogP contribution < -0.4 is 4.90 Å². The Kier molecular flexibility index (Phi) is 4.28. The summed E-state index contributed by atoms with van der Waals surface area (Å²) in [5, 5.41) is 0. The van der Waals surface area contributed by atoms with Gasteiger partial charge in [-0.05, 0) is 24.3 Å². The van der Waals surface area contributed by atoms with Crippen molar-refractivity contribution < 1.29 is 13.2 Å². The van der Waals surface area contributed by atoms with Crippen LogP contribution in [0.1, 0.15) is 0 Å². The van der Waals surface area contributed by atoms with Gasteiger partial charge in [-0.3, -0.25) is 4.79 Å². The van der Waals surface area contributed by atoms with Crippen LogP contribution in [-0.2, 0) is 14.8 Å². The van der Waals surface area contributed by atoms with Crippen molar-refractivity contribution in [2.75, 3.05) is 43.4 Å². The molecule has 0 aliphatic carbocycles. The van der Waals surface area contributed by atoms with E-state index in [2.05, 4.69) is 21.4 Å². The highest BCUT2D eigenvalue weighted by Crippen LogP contribution is 2.21. The fraction of sp³-hybridized carbons (Fsp3) is 0.333. The molecule has 0 aromatic heterocycles. The predicted molar refractivity (Wildman–Crippen MR) is 100 cm³/mol. The monoisotopic (exact) mass is 372 g/mol. The van der Waals surface area contributed by atoms with Gasteiger partial charge < -0.3 is 14.7 Å². The number of amides is 1. The van der Waals surface area contributed by atoms with E-state index in [0.717, 1.165) is 18.8 Å². The van der Waals surface area contributed by atoms with Crippen LogP contribution in [0.5, 0.6) is 0 Å². The van der Waals surface area contributed by atoms with Gasteiger partial charge in [0.15, 0.2) is 5.84 Å². The van der Waals surface area contributed by atoms with Crippen molar-refractivity contribution >= 4 is 27.5 Å². The third-order valence-electron chi connectivity index (χ3n) is 4.78. The number of rotatable bonds is 2. The third kappa shape index (κ3) is 3.24. The number of allylic oxidation sites excluding steroid dienone is 2. The molecule has 0 unspecified atom stereocenters. The number of amidine groups is 1. The van der Waals surface area contributed by atoms with Crippen molar-refractivity contribution in [1.82, 2.24) is 9.80 Å². The van der Waals surface area contributed by atoms with Crippen LogP contribution in [0.25, 0.3) is 0 Å². The maximum Gasteiger partial charge on any atom is 0.257 e. The van der Waals surface area contributed by atoms with Crippen molar-refractivity contribution in [3.05, 3.63) is 54.3 Å². The predicted octanol–water partition coefficient (Wildman–Crippen LogP) is 0.833. The van der Waals surface area contributed by atoms with Gasteiger partial charge in [0.1, 0.15) is 0 Å². The van der Waals surface area contributed by atoms with Crippen molar-refractivity contribution in [2.45, 2.75) is 0 Å². The number of piperazine rings is 1. The molecule has 0 saturated carbocycles. The number of carbonyl (C=O) groups excluding carboxylic acids is 1. The summed E-state index contributed by atoms with van der Waals surface area (Å²) in [7, 11) is -3.50. The fourth-order valence-corrected chi connectivity index (χ4v) is 4.35. The number of carbonyl (C=O) groups is 1. The SMILES string of the molecule is O=C(C1=CC=CN2CCS(=O)(=O)N=C12)N1CCN(c2ccccc2)CC1. The average molecular weight is 372 g/mol. The topological polar surface area (TPSA) is 73.3 Å². The summed E-state index contributed by atoms with van der Waals surface area (Å²) in [4.78, 5) is 18.7. The quantitative estimate of drug-likeness (QED) is 0.769. The molecule has 0 bridgehead atoms. The zero-order chi connectivity index (χ0) is 18.1. The molecule has 26 heavy (non-hydrogen) atoms. The zero-order valence-electron chi connectivity index (χ0n) is 14.3. The largest absolute Gasteiger partial charge is 0.368 e. The molecule has 3 aliphatic heterocycles. The Morgan fingerprint density at radius 3 is 2.46 bits per heavy atom. The molecule has 0 atom stereocenters. The fourth-order valence-electron chi connectivity index (χ4n) is 3.36. The summed E-state index contributed by atoms with van der Waals surface area (Å²) in [6.07, 6.45) is 5.18. The Morgan fingerprint density at radius 1 is 1.00 bits per heavy atom. The Labute approximate surface area is 153 Å². The first-order valence-electron chi connectivity index (χ1n) is 8.61. The highest BCUT2D eigenvalue weighted by atomic mass is 32.2. The van der Waals surface area contributed by atoms with Gasteiger partial charge in [-0.25, -0.2) is 8.42 Å². The summed E-state index contributed by atoms with van der Waals surface area (Å²) in [6, 6.07) is 10.1. The van der Waals surface area contributed by atoms with Crippen LogP contribution in [0.3, 0.4) is 0 Å². The van der Waals surface area contributed by atoms with E-state index in [4.69, 9.17) is 0 Å². The van der Waals surface area contributed by atoms with Crippen LogP contribution in [0, 0.1) is 0 Å². The molecule has 1 amide bonds. The van der Waals surface area contributed by atoms with Gasteiger partial charge in [-0.15, -0.1) is 4.40 Å². The van der Waals surface area contributed by atoms with Crippen LogP contribution in [0.4, 0.5) is 5.69 Å². The van der Waals surface area contributed by atoms with Crippen LogP contribution in [0.2, 0.25) is 0 Å². The van der Waals surface area contributed by atoms with Crippen LogP contribution in [0.15, 0.2) is 58.7 Å². The molecule has 0 spiro atoms. The number of nitrogens with zero attached hydrogens (tertiary/aromatic N) is 4. The summed E-state index contributed by atoms with van der Waals surface area (Å²) in [5.41, 5.74) is 1.50. The van der Waals surface area contributed by atoms with Gasteiger partial charge >= 0.3 is 0 Å². The normalized spacial score (nSPS) is 21.8. The second-order valence-corrected chi connectivity index (χ2v) is 8.19. The first-order valence-corrected chi connectivity index (χ1v) is 10.2. The van der Waals surface area contributed by atoms with Gasteiger partial charge in [-0.2, -0.15) is 0 Å². The minimum Gasteiger partial charge on any atom is -0.368 e. The number of fused-ring (bicyclic) bond motifs is 1. The first kappa shape index (κ1) is 16.8. The molecule has 1 saturated heterocycles. The van der Waals surface area contributed by atoms with E-state index in [-0.39, 0.29) is 17.5 Å². The number of sulfonamides is 1. The molecule has 1 aromatic rings. The van der Waals surface area contributed by atoms with Crippen LogP contribution >= 0.6 is 0 Å². The highest BCUT2D eigenvalue weighted by molar-refractivity contribution is 7.90. The van der Waals surface area contributed by atoms with Gasteiger partial charge in [0.05, 0.1) is 11.3 Å². The summed E-state index contributed by atoms with van der Waals surface area (Å²) < 4.78 is 27.5. The van der Waals surface area contributed by atoms with E-state index >= 15 is 0 Å². The van der Waals surface area contributed by atoms with E-state index in [1.54, 1.807) is 28.2 Å². The lowest BCUT2D eigenvalue weighted by Gasteiger charge is -2.37. The minimum absolute atomic E-state index is 0.0297.